The third-order valence-electron chi connectivity index (χ3n) is 8.73. The molecule has 0 radical (unpaired) electrons. The fraction of sp³-hybridized carbons (Fsp3) is 0.826. The Bertz CT molecular complexity index is 618. The van der Waals surface area contributed by atoms with E-state index in [9.17, 15) is 9.59 Å². The number of rotatable bonds is 3. The Morgan fingerprint density at radius 1 is 1.04 bits per heavy atom. The van der Waals surface area contributed by atoms with Crippen LogP contribution in [0.3, 0.4) is 0 Å². The zero-order valence-electron chi connectivity index (χ0n) is 16.3. The molecular weight excluding hydrogens is 308 g/mol. The van der Waals surface area contributed by atoms with Crippen molar-refractivity contribution in [3.8, 4) is 0 Å². The van der Waals surface area contributed by atoms with Crippen molar-refractivity contribution in [1.82, 2.24) is 0 Å². The third-order valence-corrected chi connectivity index (χ3v) is 8.73. The third kappa shape index (κ3) is 2.50. The van der Waals surface area contributed by atoms with E-state index in [1.54, 1.807) is 0 Å². The summed E-state index contributed by atoms with van der Waals surface area (Å²) in [6, 6.07) is 0. The van der Waals surface area contributed by atoms with Crippen LogP contribution in [0.1, 0.15) is 85.0 Å². The van der Waals surface area contributed by atoms with Gasteiger partial charge in [-0.15, -0.1) is 0 Å². The van der Waals surface area contributed by atoms with Gasteiger partial charge in [-0.3, -0.25) is 9.59 Å². The summed E-state index contributed by atoms with van der Waals surface area (Å²) in [5.41, 5.74) is 1.66. The summed E-state index contributed by atoms with van der Waals surface area (Å²) in [4.78, 5) is 24.8. The summed E-state index contributed by atoms with van der Waals surface area (Å²) in [5, 5.41) is 0. The van der Waals surface area contributed by atoms with Crippen LogP contribution in [0.4, 0.5) is 0 Å². The van der Waals surface area contributed by atoms with Crippen molar-refractivity contribution >= 4 is 11.6 Å². The highest BCUT2D eigenvalue weighted by molar-refractivity contribution is 5.92. The molecule has 0 saturated heterocycles. The zero-order chi connectivity index (χ0) is 17.8. The number of ketones is 2. The molecule has 0 aliphatic heterocycles. The second-order valence-electron chi connectivity index (χ2n) is 9.85. The summed E-state index contributed by atoms with van der Waals surface area (Å²) >= 11 is 0. The molecule has 2 heteroatoms. The Hall–Kier alpha value is -0.920. The van der Waals surface area contributed by atoms with Gasteiger partial charge in [-0.1, -0.05) is 39.2 Å². The lowest BCUT2D eigenvalue weighted by Crippen LogP contribution is -2.52. The maximum absolute atomic E-state index is 12.6. The minimum atomic E-state index is -0.0431. The molecular formula is C23H34O2. The Morgan fingerprint density at radius 3 is 2.56 bits per heavy atom. The lowest BCUT2D eigenvalue weighted by atomic mass is 9.45. The predicted octanol–water partition coefficient (Wildman–Crippen LogP) is 5.50. The van der Waals surface area contributed by atoms with Gasteiger partial charge in [-0.25, -0.2) is 0 Å². The molecule has 0 aromatic heterocycles. The molecule has 4 aliphatic carbocycles. The molecule has 0 aromatic carbocycles. The first kappa shape index (κ1) is 17.5. The highest BCUT2D eigenvalue weighted by atomic mass is 16.1. The largest absolute Gasteiger partial charge is 0.299 e. The highest BCUT2D eigenvalue weighted by Gasteiger charge is 2.60. The molecule has 138 valence electrons. The molecule has 2 nitrogen and oxygen atoms in total. The summed E-state index contributed by atoms with van der Waals surface area (Å²) in [6.45, 7) is 6.99. The predicted molar refractivity (Wildman–Crippen MR) is 100 cm³/mol. The van der Waals surface area contributed by atoms with Crippen molar-refractivity contribution < 1.29 is 9.59 Å². The zero-order valence-corrected chi connectivity index (χ0v) is 16.3. The van der Waals surface area contributed by atoms with E-state index >= 15 is 0 Å². The maximum atomic E-state index is 12.6. The van der Waals surface area contributed by atoms with E-state index in [1.807, 2.05) is 6.08 Å². The Kier molecular flexibility index (Phi) is 4.24. The van der Waals surface area contributed by atoms with Gasteiger partial charge in [0.25, 0.3) is 0 Å². The normalized spacial score (nSPS) is 46.3. The molecule has 25 heavy (non-hydrogen) atoms. The number of fused-ring (bicyclic) bond motifs is 5. The highest BCUT2D eigenvalue weighted by Crippen LogP contribution is 2.65. The molecule has 6 atom stereocenters. The first-order chi connectivity index (χ1) is 11.9. The fourth-order valence-electron chi connectivity index (χ4n) is 7.28. The lowest BCUT2D eigenvalue weighted by molar-refractivity contribution is -0.133. The van der Waals surface area contributed by atoms with Gasteiger partial charge in [0.2, 0.25) is 0 Å². The van der Waals surface area contributed by atoms with Gasteiger partial charge in [0.1, 0.15) is 5.78 Å². The molecule has 0 heterocycles. The number of hydrogen-bond acceptors (Lipinski definition) is 2. The van der Waals surface area contributed by atoms with E-state index in [2.05, 4.69) is 20.8 Å². The van der Waals surface area contributed by atoms with Crippen LogP contribution >= 0.6 is 0 Å². The number of carbonyl (C=O) groups excluding carboxylic acids is 2. The average Bonchev–Trinajstić information content (AvgIpc) is 2.89. The molecule has 0 amide bonds. The molecule has 0 spiro atoms. The summed E-state index contributed by atoms with van der Waals surface area (Å²) < 4.78 is 0. The first-order valence-corrected chi connectivity index (χ1v) is 10.7. The van der Waals surface area contributed by atoms with Crippen LogP contribution in [-0.2, 0) is 9.59 Å². The monoisotopic (exact) mass is 342 g/mol. The fourth-order valence-corrected chi connectivity index (χ4v) is 7.28. The van der Waals surface area contributed by atoms with Crippen LogP contribution in [0, 0.1) is 34.5 Å². The van der Waals surface area contributed by atoms with Gasteiger partial charge in [-0.2, -0.15) is 0 Å². The maximum Gasteiger partial charge on any atom is 0.155 e. The number of carbonyl (C=O) groups is 2. The number of hydrogen-bond donors (Lipinski definition) is 0. The number of allylic oxidation sites excluding steroid dienone is 1. The van der Waals surface area contributed by atoms with Crippen molar-refractivity contribution in [2.24, 2.45) is 34.5 Å². The van der Waals surface area contributed by atoms with Crippen LogP contribution < -0.4 is 0 Å². The van der Waals surface area contributed by atoms with Crippen LogP contribution in [-0.4, -0.2) is 11.6 Å². The molecule has 0 bridgehead atoms. The van der Waals surface area contributed by atoms with Crippen molar-refractivity contribution in [3.63, 3.8) is 0 Å². The summed E-state index contributed by atoms with van der Waals surface area (Å²) in [7, 11) is 0. The molecule has 4 aliphatic rings. The van der Waals surface area contributed by atoms with E-state index in [0.717, 1.165) is 32.1 Å². The minimum absolute atomic E-state index is 0.0431. The van der Waals surface area contributed by atoms with E-state index in [-0.39, 0.29) is 10.8 Å². The van der Waals surface area contributed by atoms with Gasteiger partial charge >= 0.3 is 0 Å². The lowest BCUT2D eigenvalue weighted by Gasteiger charge is -2.59. The topological polar surface area (TPSA) is 34.1 Å². The molecule has 0 aromatic rings. The molecule has 4 rings (SSSR count). The van der Waals surface area contributed by atoms with Crippen LogP contribution in [0.25, 0.3) is 0 Å². The Balaban J connectivity index is 1.71. The standard InChI is InChI=1S/C23H34O2/c1-4-5-6-15-13-17-18-7-8-21(25)23(18,3)12-10-19(17)22(2)11-9-16(24)14-20(15)22/h14-15,17-19H,4-13H2,1-3H3/t15-,17+,18+,19+,22-,23+/m1/s1. The van der Waals surface area contributed by atoms with Crippen molar-refractivity contribution in [2.45, 2.75) is 85.0 Å². The van der Waals surface area contributed by atoms with E-state index in [0.29, 0.717) is 35.2 Å². The number of Topliss-reactive ketones (excluding diaryl/α,β-unsaturated/α-hetero) is 1. The van der Waals surface area contributed by atoms with Crippen molar-refractivity contribution in [3.05, 3.63) is 11.6 Å². The van der Waals surface area contributed by atoms with Crippen molar-refractivity contribution in [1.29, 1.82) is 0 Å². The van der Waals surface area contributed by atoms with E-state index in [4.69, 9.17) is 0 Å². The van der Waals surface area contributed by atoms with Gasteiger partial charge in [0.05, 0.1) is 0 Å². The number of unbranched alkanes of at least 4 members (excludes halogenated alkanes) is 1. The van der Waals surface area contributed by atoms with E-state index in [1.165, 1.54) is 37.7 Å². The Morgan fingerprint density at radius 2 is 1.80 bits per heavy atom. The molecule has 0 unspecified atom stereocenters. The summed E-state index contributed by atoms with van der Waals surface area (Å²) in [6.07, 6.45) is 12.9. The van der Waals surface area contributed by atoms with Gasteiger partial charge in [0, 0.05) is 18.3 Å². The first-order valence-electron chi connectivity index (χ1n) is 10.7. The summed E-state index contributed by atoms with van der Waals surface area (Å²) in [5.74, 6) is 3.44. The molecule has 3 saturated carbocycles. The van der Waals surface area contributed by atoms with E-state index < -0.39 is 0 Å². The van der Waals surface area contributed by atoms with Gasteiger partial charge in [-0.05, 0) is 73.7 Å². The van der Waals surface area contributed by atoms with Crippen LogP contribution in [0.15, 0.2) is 11.6 Å². The van der Waals surface area contributed by atoms with Gasteiger partial charge < -0.3 is 0 Å². The second-order valence-corrected chi connectivity index (χ2v) is 9.85. The van der Waals surface area contributed by atoms with Gasteiger partial charge in [0.15, 0.2) is 5.78 Å². The quantitative estimate of drug-likeness (QED) is 0.678. The second kappa shape index (κ2) is 6.06. The SMILES string of the molecule is CCCC[C@@H]1C[C@@H]2[C@H](CC[C@]3(C)C(=O)CC[C@@H]23)[C@@]2(C)CCC(=O)C=C12. The minimum Gasteiger partial charge on any atom is -0.299 e. The van der Waals surface area contributed by atoms with Crippen LogP contribution in [0.5, 0.6) is 0 Å². The molecule has 3 fully saturated rings. The van der Waals surface area contributed by atoms with Crippen LogP contribution in [0.2, 0.25) is 0 Å². The Labute approximate surface area is 152 Å². The van der Waals surface area contributed by atoms with Crippen molar-refractivity contribution in [2.75, 3.05) is 0 Å². The smallest absolute Gasteiger partial charge is 0.155 e. The molecule has 0 N–H and O–H groups in total. The average molecular weight is 343 g/mol.